The van der Waals surface area contributed by atoms with E-state index in [-0.39, 0.29) is 29.3 Å². The number of hydrogen-bond acceptors (Lipinski definition) is 6. The van der Waals surface area contributed by atoms with Gasteiger partial charge in [0.05, 0.1) is 17.0 Å². The van der Waals surface area contributed by atoms with Crippen LogP contribution in [0.4, 0.5) is 10.1 Å². The van der Waals surface area contributed by atoms with Crippen LogP contribution in [0.2, 0.25) is 0 Å². The number of carbonyl (C=O) groups is 3. The number of carbonyl (C=O) groups excluding carboxylic acids is 3. The lowest BCUT2D eigenvalue weighted by atomic mass is 10.2. The molecular formula is C25H20BrFN2O6S. The molecule has 0 aliphatic carbocycles. The predicted octanol–water partition coefficient (Wildman–Crippen LogP) is 4.04. The number of anilines is 1. The number of halogens is 2. The van der Waals surface area contributed by atoms with Gasteiger partial charge in [-0.25, -0.2) is 17.7 Å². The Morgan fingerprint density at radius 1 is 1.03 bits per heavy atom. The van der Waals surface area contributed by atoms with Crippen molar-refractivity contribution in [2.24, 2.45) is 0 Å². The van der Waals surface area contributed by atoms with Crippen LogP contribution in [0, 0.1) is 5.82 Å². The van der Waals surface area contributed by atoms with Gasteiger partial charge in [0.25, 0.3) is 5.91 Å². The van der Waals surface area contributed by atoms with Crippen LogP contribution in [0.1, 0.15) is 18.9 Å². The van der Waals surface area contributed by atoms with Gasteiger partial charge in [0.15, 0.2) is 0 Å². The number of amides is 2. The fraction of sp³-hybridized carbons (Fsp3) is 0.160. The van der Waals surface area contributed by atoms with Crippen LogP contribution < -0.4 is 9.64 Å². The Bertz CT molecular complexity index is 1410. The number of sulfonamides is 1. The second-order valence-electron chi connectivity index (χ2n) is 8.01. The SMILES string of the molecule is CC(=O)Oc1ccc(N2C(=O)CC(N(Cc3ccc(F)cc3)S(=O)(=O)c3ccc(Br)cc3)C2=O)cc1. The maximum atomic E-state index is 13.7. The summed E-state index contributed by atoms with van der Waals surface area (Å²) in [4.78, 5) is 38.4. The minimum atomic E-state index is -4.23. The highest BCUT2D eigenvalue weighted by molar-refractivity contribution is 9.10. The molecule has 186 valence electrons. The van der Waals surface area contributed by atoms with E-state index < -0.39 is 39.7 Å². The van der Waals surface area contributed by atoms with Gasteiger partial charge in [0, 0.05) is 17.9 Å². The van der Waals surface area contributed by atoms with Crippen LogP contribution in [-0.2, 0) is 31.0 Å². The normalized spacial score (nSPS) is 16.0. The van der Waals surface area contributed by atoms with E-state index in [0.29, 0.717) is 10.0 Å². The average molecular weight is 575 g/mol. The fourth-order valence-corrected chi connectivity index (χ4v) is 5.65. The van der Waals surface area contributed by atoms with Crippen molar-refractivity contribution in [1.29, 1.82) is 0 Å². The third kappa shape index (κ3) is 5.38. The molecule has 1 aliphatic heterocycles. The third-order valence-electron chi connectivity index (χ3n) is 5.50. The summed E-state index contributed by atoms with van der Waals surface area (Å²) in [6.07, 6.45) is -0.374. The molecule has 0 saturated carbocycles. The molecule has 2 amide bonds. The monoisotopic (exact) mass is 574 g/mol. The van der Waals surface area contributed by atoms with Gasteiger partial charge in [0.1, 0.15) is 17.6 Å². The zero-order valence-electron chi connectivity index (χ0n) is 18.9. The molecule has 11 heteroatoms. The number of benzene rings is 3. The summed E-state index contributed by atoms with van der Waals surface area (Å²) in [5.74, 6) is -2.08. The Labute approximate surface area is 215 Å². The highest BCUT2D eigenvalue weighted by Crippen LogP contribution is 2.32. The van der Waals surface area contributed by atoms with Crippen molar-refractivity contribution in [1.82, 2.24) is 4.31 Å². The van der Waals surface area contributed by atoms with Crippen LogP contribution in [0.5, 0.6) is 5.75 Å². The van der Waals surface area contributed by atoms with Crippen molar-refractivity contribution in [3.8, 4) is 5.75 Å². The molecule has 1 aliphatic rings. The first-order chi connectivity index (χ1) is 17.1. The van der Waals surface area contributed by atoms with Crippen molar-refractivity contribution in [3.63, 3.8) is 0 Å². The summed E-state index contributed by atoms with van der Waals surface area (Å²) < 4.78 is 47.4. The first-order valence-electron chi connectivity index (χ1n) is 10.7. The Balaban J connectivity index is 1.70. The number of rotatable bonds is 7. The van der Waals surface area contributed by atoms with E-state index in [1.165, 1.54) is 67.6 Å². The van der Waals surface area contributed by atoms with Crippen LogP contribution >= 0.6 is 15.9 Å². The van der Waals surface area contributed by atoms with Crippen LogP contribution in [-0.4, -0.2) is 36.5 Å². The van der Waals surface area contributed by atoms with Gasteiger partial charge in [-0.3, -0.25) is 14.4 Å². The van der Waals surface area contributed by atoms with Crippen molar-refractivity contribution >= 4 is 49.4 Å². The largest absolute Gasteiger partial charge is 0.427 e. The first-order valence-corrected chi connectivity index (χ1v) is 13.0. The zero-order chi connectivity index (χ0) is 26.0. The molecule has 1 unspecified atom stereocenters. The standard InChI is InChI=1S/C25H20BrFN2O6S/c1-16(30)35-21-10-8-20(9-11-21)29-24(31)14-23(25(29)32)28(15-17-2-6-19(27)7-3-17)36(33,34)22-12-4-18(26)5-13-22/h2-13,23H,14-15H2,1H3. The third-order valence-corrected chi connectivity index (χ3v) is 7.90. The minimum Gasteiger partial charge on any atom is -0.427 e. The van der Waals surface area contributed by atoms with E-state index in [9.17, 15) is 27.2 Å². The Kier molecular flexibility index (Phi) is 7.34. The number of esters is 1. The summed E-state index contributed by atoms with van der Waals surface area (Å²) in [6, 6.07) is 15.5. The summed E-state index contributed by atoms with van der Waals surface area (Å²) >= 11 is 3.27. The molecule has 0 aromatic heterocycles. The maximum absolute atomic E-state index is 13.7. The molecular weight excluding hydrogens is 555 g/mol. The van der Waals surface area contributed by atoms with Crippen molar-refractivity contribution in [2.75, 3.05) is 4.90 Å². The average Bonchev–Trinajstić information content (AvgIpc) is 3.12. The van der Waals surface area contributed by atoms with E-state index in [0.717, 1.165) is 9.21 Å². The molecule has 3 aromatic carbocycles. The topological polar surface area (TPSA) is 101 Å². The summed E-state index contributed by atoms with van der Waals surface area (Å²) in [7, 11) is -4.23. The molecule has 0 radical (unpaired) electrons. The minimum absolute atomic E-state index is 0.0581. The van der Waals surface area contributed by atoms with Gasteiger partial charge in [-0.1, -0.05) is 28.1 Å². The van der Waals surface area contributed by atoms with Crippen molar-refractivity contribution in [3.05, 3.63) is 88.6 Å². The molecule has 36 heavy (non-hydrogen) atoms. The van der Waals surface area contributed by atoms with Gasteiger partial charge in [-0.2, -0.15) is 4.31 Å². The molecule has 0 bridgehead atoms. The zero-order valence-corrected chi connectivity index (χ0v) is 21.3. The lowest BCUT2D eigenvalue weighted by Gasteiger charge is -2.27. The molecule has 3 aromatic rings. The van der Waals surface area contributed by atoms with E-state index in [1.54, 1.807) is 12.1 Å². The number of ether oxygens (including phenoxy) is 1. The van der Waals surface area contributed by atoms with E-state index >= 15 is 0 Å². The molecule has 0 N–H and O–H groups in total. The van der Waals surface area contributed by atoms with E-state index in [4.69, 9.17) is 4.74 Å². The van der Waals surface area contributed by atoms with Crippen LogP contribution in [0.3, 0.4) is 0 Å². The highest BCUT2D eigenvalue weighted by atomic mass is 79.9. The lowest BCUT2D eigenvalue weighted by Crippen LogP contribution is -2.45. The Morgan fingerprint density at radius 2 is 1.64 bits per heavy atom. The van der Waals surface area contributed by atoms with Crippen LogP contribution in [0.15, 0.2) is 82.2 Å². The molecule has 1 heterocycles. The van der Waals surface area contributed by atoms with Gasteiger partial charge in [0.2, 0.25) is 15.9 Å². The summed E-state index contributed by atoms with van der Waals surface area (Å²) in [5.41, 5.74) is 0.660. The van der Waals surface area contributed by atoms with Crippen molar-refractivity contribution in [2.45, 2.75) is 30.8 Å². The number of imide groups is 1. The summed E-state index contributed by atoms with van der Waals surface area (Å²) in [6.45, 7) is 0.995. The quantitative estimate of drug-likeness (QED) is 0.240. The second kappa shape index (κ2) is 10.3. The Hall–Kier alpha value is -3.41. The number of nitrogens with zero attached hydrogens (tertiary/aromatic N) is 2. The molecule has 1 atom stereocenters. The predicted molar refractivity (Wildman–Crippen MR) is 132 cm³/mol. The molecule has 0 spiro atoms. The summed E-state index contributed by atoms with van der Waals surface area (Å²) in [5, 5.41) is 0. The molecule has 4 rings (SSSR count). The number of hydrogen-bond donors (Lipinski definition) is 0. The maximum Gasteiger partial charge on any atom is 0.308 e. The Morgan fingerprint density at radius 3 is 2.22 bits per heavy atom. The highest BCUT2D eigenvalue weighted by Gasteiger charge is 2.47. The van der Waals surface area contributed by atoms with Crippen molar-refractivity contribution < 1.29 is 31.9 Å². The fourth-order valence-electron chi connectivity index (χ4n) is 3.82. The smallest absolute Gasteiger partial charge is 0.308 e. The lowest BCUT2D eigenvalue weighted by molar-refractivity contribution is -0.132. The van der Waals surface area contributed by atoms with Gasteiger partial charge in [-0.15, -0.1) is 0 Å². The first kappa shape index (κ1) is 25.7. The van der Waals surface area contributed by atoms with Gasteiger partial charge < -0.3 is 4.74 Å². The van der Waals surface area contributed by atoms with E-state index in [1.807, 2.05) is 0 Å². The van der Waals surface area contributed by atoms with Crippen LogP contribution in [0.25, 0.3) is 0 Å². The van der Waals surface area contributed by atoms with Gasteiger partial charge in [-0.05, 0) is 66.2 Å². The molecule has 1 saturated heterocycles. The molecule has 1 fully saturated rings. The molecule has 8 nitrogen and oxygen atoms in total. The second-order valence-corrected chi connectivity index (χ2v) is 10.8. The van der Waals surface area contributed by atoms with E-state index in [2.05, 4.69) is 15.9 Å². The van der Waals surface area contributed by atoms with Gasteiger partial charge >= 0.3 is 5.97 Å².